The highest BCUT2D eigenvalue weighted by Crippen LogP contribution is 2.19. The summed E-state index contributed by atoms with van der Waals surface area (Å²) in [5, 5.41) is 0.983. The molecule has 0 unspecified atom stereocenters. The largest absolute Gasteiger partial charge is 0.464 e. The van der Waals surface area contributed by atoms with Crippen LogP contribution < -0.4 is 5.56 Å². The molecule has 14 heavy (non-hydrogen) atoms. The van der Waals surface area contributed by atoms with Crippen molar-refractivity contribution < 1.29 is 4.42 Å². The molecule has 3 rings (SSSR count). The molecule has 0 amide bonds. The zero-order valence-corrected chi connectivity index (χ0v) is 7.15. The van der Waals surface area contributed by atoms with E-state index in [-0.39, 0.29) is 5.56 Å². The maximum Gasteiger partial charge on any atom is 0.266 e. The van der Waals surface area contributed by atoms with Gasteiger partial charge >= 0.3 is 0 Å². The monoisotopic (exact) mass is 186 g/mol. The van der Waals surface area contributed by atoms with E-state index in [1.165, 1.54) is 6.20 Å². The van der Waals surface area contributed by atoms with Crippen molar-refractivity contribution in [3.63, 3.8) is 0 Å². The molecule has 2 heterocycles. The number of rotatable bonds is 0. The average molecular weight is 186 g/mol. The predicted molar refractivity (Wildman–Crippen MR) is 52.1 cm³/mol. The third-order valence-corrected chi connectivity index (χ3v) is 2.15. The highest BCUT2D eigenvalue weighted by molar-refractivity contribution is 5.91. The maximum absolute atomic E-state index is 11.0. The van der Waals surface area contributed by atoms with E-state index in [1.54, 1.807) is 12.3 Å². The van der Waals surface area contributed by atoms with E-state index in [4.69, 9.17) is 4.42 Å². The zero-order valence-electron chi connectivity index (χ0n) is 7.15. The van der Waals surface area contributed by atoms with Gasteiger partial charge in [-0.25, -0.2) is 4.98 Å². The number of hydrogen-bond acceptors (Lipinski definition) is 3. The Morgan fingerprint density at radius 1 is 1.36 bits per heavy atom. The van der Waals surface area contributed by atoms with Crippen molar-refractivity contribution in [2.75, 3.05) is 0 Å². The van der Waals surface area contributed by atoms with E-state index < -0.39 is 0 Å². The third kappa shape index (κ3) is 0.939. The molecule has 0 radical (unpaired) electrons. The van der Waals surface area contributed by atoms with E-state index in [2.05, 4.69) is 9.97 Å². The van der Waals surface area contributed by atoms with E-state index in [0.717, 1.165) is 16.5 Å². The molecular weight excluding hydrogens is 180 g/mol. The first kappa shape index (κ1) is 7.32. The summed E-state index contributed by atoms with van der Waals surface area (Å²) in [4.78, 5) is 17.7. The number of aromatic amines is 1. The van der Waals surface area contributed by atoms with Gasteiger partial charge in [0.05, 0.1) is 23.5 Å². The summed E-state index contributed by atoms with van der Waals surface area (Å²) in [5.74, 6) is 0. The molecule has 0 aliphatic rings. The fraction of sp³-hybridized carbons (Fsp3) is 0. The molecule has 4 nitrogen and oxygen atoms in total. The summed E-state index contributed by atoms with van der Waals surface area (Å²) < 4.78 is 5.22. The summed E-state index contributed by atoms with van der Waals surface area (Å²) in [6, 6.07) is 5.52. The number of nitrogens with zero attached hydrogens (tertiary/aromatic N) is 1. The van der Waals surface area contributed by atoms with Crippen LogP contribution in [-0.2, 0) is 0 Å². The van der Waals surface area contributed by atoms with Crippen LogP contribution in [0, 0.1) is 0 Å². The number of furan rings is 1. The van der Waals surface area contributed by atoms with E-state index in [0.29, 0.717) is 5.52 Å². The quantitative estimate of drug-likeness (QED) is 0.581. The smallest absolute Gasteiger partial charge is 0.266 e. The molecule has 4 heteroatoms. The third-order valence-electron chi connectivity index (χ3n) is 2.15. The summed E-state index contributed by atoms with van der Waals surface area (Å²) in [5.41, 5.74) is 2.00. The van der Waals surface area contributed by atoms with E-state index in [9.17, 15) is 4.79 Å². The lowest BCUT2D eigenvalue weighted by atomic mass is 10.2. The molecule has 1 aromatic carbocycles. The minimum absolute atomic E-state index is 0.205. The van der Waals surface area contributed by atoms with Crippen LogP contribution in [-0.4, -0.2) is 9.97 Å². The minimum atomic E-state index is -0.205. The van der Waals surface area contributed by atoms with Gasteiger partial charge < -0.3 is 9.40 Å². The summed E-state index contributed by atoms with van der Waals surface area (Å²) >= 11 is 0. The van der Waals surface area contributed by atoms with Crippen molar-refractivity contribution >= 4 is 22.0 Å². The number of fused-ring (bicyclic) bond motifs is 2. The Morgan fingerprint density at radius 3 is 3.21 bits per heavy atom. The van der Waals surface area contributed by atoms with Crippen LogP contribution >= 0.6 is 0 Å². The molecule has 0 aliphatic carbocycles. The van der Waals surface area contributed by atoms with Gasteiger partial charge in [-0.05, 0) is 12.1 Å². The van der Waals surface area contributed by atoms with Crippen LogP contribution in [0.25, 0.3) is 22.0 Å². The van der Waals surface area contributed by atoms with Crippen LogP contribution in [0.15, 0.2) is 39.9 Å². The van der Waals surface area contributed by atoms with Gasteiger partial charge in [-0.15, -0.1) is 0 Å². The van der Waals surface area contributed by atoms with Crippen molar-refractivity contribution in [1.29, 1.82) is 0 Å². The van der Waals surface area contributed by atoms with E-state index in [1.807, 2.05) is 12.1 Å². The molecule has 0 bridgehead atoms. The lowest BCUT2D eigenvalue weighted by Crippen LogP contribution is -2.04. The van der Waals surface area contributed by atoms with Crippen molar-refractivity contribution in [2.45, 2.75) is 0 Å². The minimum Gasteiger partial charge on any atom is -0.464 e. The number of aromatic nitrogens is 2. The fourth-order valence-corrected chi connectivity index (χ4v) is 1.50. The Morgan fingerprint density at radius 2 is 2.29 bits per heavy atom. The lowest BCUT2D eigenvalue weighted by molar-refractivity contribution is 0.616. The van der Waals surface area contributed by atoms with Crippen molar-refractivity contribution in [3.8, 4) is 0 Å². The Bertz CT molecular complexity index is 666. The lowest BCUT2D eigenvalue weighted by Gasteiger charge is -1.95. The first-order valence-corrected chi connectivity index (χ1v) is 4.19. The first-order chi connectivity index (χ1) is 6.83. The molecular formula is C10H6N2O2. The Balaban J connectivity index is 2.56. The number of nitrogens with one attached hydrogen (secondary N) is 1. The van der Waals surface area contributed by atoms with Crippen LogP contribution in [0.5, 0.6) is 0 Å². The molecule has 68 valence electrons. The number of benzene rings is 1. The Labute approximate surface area is 78.2 Å². The molecule has 0 atom stereocenters. The Hall–Kier alpha value is -2.10. The standard InChI is InChI=1S/C10H6N2O2/c13-10-5-11-7-3-6-1-2-14-9(6)4-8(7)12-10/h1-5H,(H,12,13). The summed E-state index contributed by atoms with van der Waals surface area (Å²) in [7, 11) is 0. The van der Waals surface area contributed by atoms with Crippen molar-refractivity contribution in [2.24, 2.45) is 0 Å². The molecule has 0 spiro atoms. The number of hydrogen-bond donors (Lipinski definition) is 1. The summed E-state index contributed by atoms with van der Waals surface area (Å²) in [6.45, 7) is 0. The zero-order chi connectivity index (χ0) is 9.54. The van der Waals surface area contributed by atoms with Crippen molar-refractivity contribution in [3.05, 3.63) is 41.0 Å². The fourth-order valence-electron chi connectivity index (χ4n) is 1.50. The highest BCUT2D eigenvalue weighted by Gasteiger charge is 2.01. The molecule has 3 aromatic rings. The van der Waals surface area contributed by atoms with E-state index >= 15 is 0 Å². The maximum atomic E-state index is 11.0. The molecule has 0 saturated carbocycles. The van der Waals surface area contributed by atoms with Crippen LogP contribution in [0.4, 0.5) is 0 Å². The van der Waals surface area contributed by atoms with Gasteiger partial charge in [0, 0.05) is 11.5 Å². The highest BCUT2D eigenvalue weighted by atomic mass is 16.3. The first-order valence-electron chi connectivity index (χ1n) is 4.19. The molecule has 0 fully saturated rings. The second-order valence-corrected chi connectivity index (χ2v) is 3.08. The molecule has 2 aromatic heterocycles. The van der Waals surface area contributed by atoms with Gasteiger partial charge in [-0.3, -0.25) is 4.79 Å². The van der Waals surface area contributed by atoms with Gasteiger partial charge in [0.2, 0.25) is 0 Å². The van der Waals surface area contributed by atoms with Crippen molar-refractivity contribution in [1.82, 2.24) is 9.97 Å². The molecule has 1 N–H and O–H groups in total. The topological polar surface area (TPSA) is 58.9 Å². The Kier molecular flexibility index (Phi) is 1.28. The second kappa shape index (κ2) is 2.45. The summed E-state index contributed by atoms with van der Waals surface area (Å²) in [6.07, 6.45) is 2.88. The SMILES string of the molecule is O=c1cnc2cc3ccoc3cc2[nH]1. The van der Waals surface area contributed by atoms with Gasteiger partial charge in [0.1, 0.15) is 5.58 Å². The van der Waals surface area contributed by atoms with Gasteiger partial charge in [-0.2, -0.15) is 0 Å². The molecule has 0 aliphatic heterocycles. The van der Waals surface area contributed by atoms with Gasteiger partial charge in [0.25, 0.3) is 5.56 Å². The van der Waals surface area contributed by atoms with Crippen LogP contribution in [0.2, 0.25) is 0 Å². The van der Waals surface area contributed by atoms with Crippen LogP contribution in [0.1, 0.15) is 0 Å². The molecule has 0 saturated heterocycles. The van der Waals surface area contributed by atoms with Gasteiger partial charge in [0.15, 0.2) is 0 Å². The predicted octanol–water partition coefficient (Wildman–Crippen LogP) is 1.67. The normalized spacial score (nSPS) is 11.1. The number of H-pyrrole nitrogens is 1. The second-order valence-electron chi connectivity index (χ2n) is 3.08. The average Bonchev–Trinajstić information content (AvgIpc) is 2.61. The van der Waals surface area contributed by atoms with Gasteiger partial charge in [-0.1, -0.05) is 0 Å². The van der Waals surface area contributed by atoms with Crippen LogP contribution in [0.3, 0.4) is 0 Å².